The second-order valence-electron chi connectivity index (χ2n) is 3.33. The van der Waals surface area contributed by atoms with Crippen molar-refractivity contribution in [3.63, 3.8) is 0 Å². The van der Waals surface area contributed by atoms with Crippen molar-refractivity contribution in [3.05, 3.63) is 22.3 Å². The van der Waals surface area contributed by atoms with Gasteiger partial charge in [0.2, 0.25) is 0 Å². The molecule has 0 bridgehead atoms. The van der Waals surface area contributed by atoms with Crippen LogP contribution in [0.1, 0.15) is 34.1 Å². The van der Waals surface area contributed by atoms with Crippen molar-refractivity contribution in [1.82, 2.24) is 0 Å². The number of rotatable bonds is 0. The van der Waals surface area contributed by atoms with E-state index in [4.69, 9.17) is 0 Å². The average molecular weight is 150 g/mol. The summed E-state index contributed by atoms with van der Waals surface area (Å²) in [5.41, 5.74) is 4.65. The van der Waals surface area contributed by atoms with Gasteiger partial charge in [-0.05, 0) is 44.4 Å². The summed E-state index contributed by atoms with van der Waals surface area (Å²) in [6.45, 7) is 8.06. The van der Waals surface area contributed by atoms with E-state index in [0.717, 1.165) is 5.57 Å². The van der Waals surface area contributed by atoms with Gasteiger partial charge < -0.3 is 0 Å². The van der Waals surface area contributed by atoms with Gasteiger partial charge >= 0.3 is 0 Å². The van der Waals surface area contributed by atoms with Gasteiger partial charge in [-0.3, -0.25) is 4.79 Å². The number of ketones is 1. The van der Waals surface area contributed by atoms with Crippen molar-refractivity contribution in [2.75, 3.05) is 0 Å². The highest BCUT2D eigenvalue weighted by Crippen LogP contribution is 2.29. The maximum Gasteiger partial charge on any atom is 0.163 e. The molecule has 0 saturated heterocycles. The molecule has 1 aliphatic carbocycles. The zero-order valence-electron chi connectivity index (χ0n) is 7.62. The van der Waals surface area contributed by atoms with Crippen molar-refractivity contribution in [3.8, 4) is 0 Å². The monoisotopic (exact) mass is 150 g/mol. The first-order valence-corrected chi connectivity index (χ1v) is 3.91. The lowest BCUT2D eigenvalue weighted by Crippen LogP contribution is -1.90. The summed E-state index contributed by atoms with van der Waals surface area (Å²) in [7, 11) is 0. The third-order valence-electron chi connectivity index (χ3n) is 2.37. The number of allylic oxidation sites excluding steroid dienone is 4. The van der Waals surface area contributed by atoms with Crippen molar-refractivity contribution >= 4 is 5.78 Å². The zero-order chi connectivity index (χ0) is 8.59. The molecule has 0 aromatic rings. The van der Waals surface area contributed by atoms with Crippen molar-refractivity contribution < 1.29 is 4.79 Å². The van der Waals surface area contributed by atoms with Crippen LogP contribution in [0.3, 0.4) is 0 Å². The molecule has 0 aromatic heterocycles. The number of carbonyl (C=O) groups excluding carboxylic acids is 1. The number of Topliss-reactive ketones (excluding diaryl/α,β-unsaturated/α-hetero) is 1. The van der Waals surface area contributed by atoms with Gasteiger partial charge in [-0.1, -0.05) is 5.57 Å². The molecule has 0 fully saturated rings. The lowest BCUT2D eigenvalue weighted by Gasteiger charge is -2.00. The Balaban J connectivity index is 3.15. The third kappa shape index (κ3) is 1.28. The zero-order valence-corrected chi connectivity index (χ0v) is 7.62. The van der Waals surface area contributed by atoms with E-state index in [9.17, 15) is 4.79 Å². The molecule has 0 aromatic carbocycles. The van der Waals surface area contributed by atoms with Crippen LogP contribution in [-0.2, 0) is 4.79 Å². The van der Waals surface area contributed by atoms with Crippen LogP contribution < -0.4 is 0 Å². The van der Waals surface area contributed by atoms with E-state index < -0.39 is 0 Å². The summed E-state index contributed by atoms with van der Waals surface area (Å²) in [5, 5.41) is 0. The van der Waals surface area contributed by atoms with Crippen LogP contribution >= 0.6 is 0 Å². The molecule has 0 atom stereocenters. The first-order chi connectivity index (χ1) is 5.04. The molecule has 11 heavy (non-hydrogen) atoms. The number of carbonyl (C=O) groups is 1. The maximum absolute atomic E-state index is 11.2. The molecule has 0 amide bonds. The van der Waals surface area contributed by atoms with E-state index in [1.165, 1.54) is 16.7 Å². The molecule has 0 aliphatic heterocycles. The molecule has 1 nitrogen and oxygen atoms in total. The normalized spacial score (nSPS) is 18.2. The molecule has 1 heteroatoms. The van der Waals surface area contributed by atoms with Crippen LogP contribution in [0.4, 0.5) is 0 Å². The van der Waals surface area contributed by atoms with Gasteiger partial charge in [0.1, 0.15) is 0 Å². The predicted molar refractivity (Wildman–Crippen MR) is 46.4 cm³/mol. The predicted octanol–water partition coefficient (Wildman–Crippen LogP) is 2.63. The van der Waals surface area contributed by atoms with Crippen LogP contribution in [0.5, 0.6) is 0 Å². The van der Waals surface area contributed by atoms with Gasteiger partial charge in [0.15, 0.2) is 5.78 Å². The van der Waals surface area contributed by atoms with E-state index in [1.807, 2.05) is 13.8 Å². The van der Waals surface area contributed by atoms with Crippen LogP contribution in [0.25, 0.3) is 0 Å². The Morgan fingerprint density at radius 2 is 1.73 bits per heavy atom. The molecule has 0 saturated carbocycles. The van der Waals surface area contributed by atoms with Crippen LogP contribution in [0, 0.1) is 0 Å². The van der Waals surface area contributed by atoms with Crippen molar-refractivity contribution in [2.24, 2.45) is 0 Å². The molecule has 1 aliphatic rings. The highest BCUT2D eigenvalue weighted by molar-refractivity contribution is 6.02. The molecule has 60 valence electrons. The van der Waals surface area contributed by atoms with E-state index in [0.29, 0.717) is 12.2 Å². The highest BCUT2D eigenvalue weighted by Gasteiger charge is 2.21. The fourth-order valence-corrected chi connectivity index (χ4v) is 1.41. The van der Waals surface area contributed by atoms with Gasteiger partial charge in [-0.2, -0.15) is 0 Å². The summed E-state index contributed by atoms with van der Waals surface area (Å²) < 4.78 is 0. The van der Waals surface area contributed by atoms with Crippen molar-refractivity contribution in [1.29, 1.82) is 0 Å². The molecule has 0 spiro atoms. The maximum atomic E-state index is 11.2. The van der Waals surface area contributed by atoms with E-state index in [1.54, 1.807) is 0 Å². The molecule has 0 radical (unpaired) electrons. The Labute approximate surface area is 67.8 Å². The van der Waals surface area contributed by atoms with Crippen molar-refractivity contribution in [2.45, 2.75) is 34.1 Å². The minimum Gasteiger partial charge on any atom is -0.294 e. The second kappa shape index (κ2) is 2.65. The van der Waals surface area contributed by atoms with Gasteiger partial charge in [0.05, 0.1) is 0 Å². The Kier molecular flexibility index (Phi) is 1.99. The third-order valence-corrected chi connectivity index (χ3v) is 2.37. The van der Waals surface area contributed by atoms with Crippen LogP contribution in [-0.4, -0.2) is 5.78 Å². The minimum atomic E-state index is 0.290. The fourth-order valence-electron chi connectivity index (χ4n) is 1.41. The summed E-state index contributed by atoms with van der Waals surface area (Å²) >= 11 is 0. The smallest absolute Gasteiger partial charge is 0.163 e. The summed E-state index contributed by atoms with van der Waals surface area (Å²) in [6.07, 6.45) is 0.625. The molecule has 1 rings (SSSR count). The van der Waals surface area contributed by atoms with Crippen LogP contribution in [0.15, 0.2) is 22.3 Å². The van der Waals surface area contributed by atoms with E-state index >= 15 is 0 Å². The highest BCUT2D eigenvalue weighted by atomic mass is 16.1. The van der Waals surface area contributed by atoms with E-state index in [-0.39, 0.29) is 0 Å². The molecular weight excluding hydrogens is 136 g/mol. The van der Waals surface area contributed by atoms with Gasteiger partial charge in [0, 0.05) is 6.42 Å². The molecule has 0 unspecified atom stereocenters. The largest absolute Gasteiger partial charge is 0.294 e. The topological polar surface area (TPSA) is 17.1 Å². The summed E-state index contributed by atoms with van der Waals surface area (Å²) in [5.74, 6) is 0.290. The molecule has 0 heterocycles. The fraction of sp³-hybridized carbons (Fsp3) is 0.500. The summed E-state index contributed by atoms with van der Waals surface area (Å²) in [6, 6.07) is 0. The molecular formula is C10H14O. The standard InChI is InChI=1S/C10H14O/c1-6(2)9-5-10(11)8(4)7(9)3/h5H2,1-4H3. The van der Waals surface area contributed by atoms with Gasteiger partial charge in [-0.25, -0.2) is 0 Å². The lowest BCUT2D eigenvalue weighted by molar-refractivity contribution is -0.114. The SMILES string of the molecule is CC(C)=C1CC(=O)C(C)=C1C. The lowest BCUT2D eigenvalue weighted by atomic mass is 10.1. The minimum absolute atomic E-state index is 0.290. The van der Waals surface area contributed by atoms with E-state index in [2.05, 4.69) is 13.8 Å². The molecule has 0 N–H and O–H groups in total. The Hall–Kier alpha value is -0.850. The van der Waals surface area contributed by atoms with Gasteiger partial charge in [-0.15, -0.1) is 0 Å². The first kappa shape index (κ1) is 8.25. The number of hydrogen-bond donors (Lipinski definition) is 0. The van der Waals surface area contributed by atoms with Gasteiger partial charge in [0.25, 0.3) is 0 Å². The second-order valence-corrected chi connectivity index (χ2v) is 3.33. The Bertz CT molecular complexity index is 263. The first-order valence-electron chi connectivity index (χ1n) is 3.91. The number of hydrogen-bond acceptors (Lipinski definition) is 1. The Morgan fingerprint density at radius 3 is 1.91 bits per heavy atom. The average Bonchev–Trinajstić information content (AvgIpc) is 2.17. The van der Waals surface area contributed by atoms with Crippen LogP contribution in [0.2, 0.25) is 0 Å². The summed E-state index contributed by atoms with van der Waals surface area (Å²) in [4.78, 5) is 11.2. The quantitative estimate of drug-likeness (QED) is 0.518. The Morgan fingerprint density at radius 1 is 1.18 bits per heavy atom.